The third-order valence-corrected chi connectivity index (χ3v) is 3.61. The first-order valence-corrected chi connectivity index (χ1v) is 6.07. The molecule has 1 N–H and O–H groups in total. The Labute approximate surface area is 97.6 Å². The van der Waals surface area contributed by atoms with Gasteiger partial charge in [-0.3, -0.25) is 4.79 Å². The second kappa shape index (κ2) is 4.65. The van der Waals surface area contributed by atoms with E-state index in [4.69, 9.17) is 0 Å². The van der Waals surface area contributed by atoms with Crippen LogP contribution in [0.3, 0.4) is 0 Å². The molecule has 2 rings (SSSR count). The Kier molecular flexibility index (Phi) is 3.24. The van der Waals surface area contributed by atoms with E-state index in [1.165, 1.54) is 18.4 Å². The number of rotatable bonds is 3. The van der Waals surface area contributed by atoms with Crippen LogP contribution in [0.15, 0.2) is 11.4 Å². The van der Waals surface area contributed by atoms with E-state index in [1.807, 2.05) is 0 Å². The van der Waals surface area contributed by atoms with Crippen molar-refractivity contribution in [2.45, 2.75) is 19.3 Å². The Hall–Kier alpha value is -1.36. The monoisotopic (exact) mass is 239 g/mol. The van der Waals surface area contributed by atoms with Crippen LogP contribution in [-0.2, 0) is 9.53 Å². The molecule has 0 aliphatic heterocycles. The van der Waals surface area contributed by atoms with E-state index in [2.05, 4.69) is 10.1 Å². The smallest absolute Gasteiger partial charge is 0.340 e. The van der Waals surface area contributed by atoms with Gasteiger partial charge in [-0.15, -0.1) is 11.3 Å². The highest BCUT2D eigenvalue weighted by Gasteiger charge is 2.26. The Bertz CT molecular complexity index is 409. The third-order valence-electron chi connectivity index (χ3n) is 2.78. The first-order valence-electron chi connectivity index (χ1n) is 5.19. The minimum absolute atomic E-state index is 0.0128. The van der Waals surface area contributed by atoms with E-state index in [9.17, 15) is 9.59 Å². The van der Waals surface area contributed by atoms with Crippen molar-refractivity contribution in [2.75, 3.05) is 12.4 Å². The number of amides is 1. The lowest BCUT2D eigenvalue weighted by Crippen LogP contribution is -2.28. The van der Waals surface area contributed by atoms with E-state index in [0.717, 1.165) is 19.3 Å². The van der Waals surface area contributed by atoms with Crippen molar-refractivity contribution in [3.63, 3.8) is 0 Å². The molecule has 0 radical (unpaired) electrons. The lowest BCUT2D eigenvalue weighted by Gasteiger charge is -2.23. The first-order chi connectivity index (χ1) is 7.72. The van der Waals surface area contributed by atoms with Gasteiger partial charge in [0.15, 0.2) is 0 Å². The number of esters is 1. The fraction of sp³-hybridized carbons (Fsp3) is 0.455. The zero-order chi connectivity index (χ0) is 11.5. The quantitative estimate of drug-likeness (QED) is 0.823. The van der Waals surface area contributed by atoms with Gasteiger partial charge < -0.3 is 10.1 Å². The molecule has 5 heteroatoms. The second-order valence-electron chi connectivity index (χ2n) is 3.77. The van der Waals surface area contributed by atoms with Gasteiger partial charge in [0.25, 0.3) is 0 Å². The maximum atomic E-state index is 11.7. The van der Waals surface area contributed by atoms with Crippen molar-refractivity contribution in [2.24, 2.45) is 5.92 Å². The molecular weight excluding hydrogens is 226 g/mol. The number of thiophene rings is 1. The van der Waals surface area contributed by atoms with Crippen LogP contribution in [-0.4, -0.2) is 19.0 Å². The molecule has 1 amide bonds. The fourth-order valence-corrected chi connectivity index (χ4v) is 2.34. The van der Waals surface area contributed by atoms with Crippen molar-refractivity contribution in [1.29, 1.82) is 0 Å². The van der Waals surface area contributed by atoms with Gasteiger partial charge >= 0.3 is 5.97 Å². The predicted molar refractivity (Wildman–Crippen MR) is 61.6 cm³/mol. The van der Waals surface area contributed by atoms with Crippen molar-refractivity contribution >= 4 is 28.2 Å². The predicted octanol–water partition coefficient (Wildman–Crippen LogP) is 2.27. The van der Waals surface area contributed by atoms with Gasteiger partial charge in [-0.05, 0) is 24.3 Å². The van der Waals surface area contributed by atoms with Crippen molar-refractivity contribution < 1.29 is 14.3 Å². The van der Waals surface area contributed by atoms with Crippen molar-refractivity contribution in [3.05, 3.63) is 17.0 Å². The highest BCUT2D eigenvalue weighted by Crippen LogP contribution is 2.30. The lowest BCUT2D eigenvalue weighted by atomic mass is 9.85. The summed E-state index contributed by atoms with van der Waals surface area (Å²) in [4.78, 5) is 23.1. The van der Waals surface area contributed by atoms with Crippen LogP contribution >= 0.6 is 11.3 Å². The minimum atomic E-state index is -0.412. The van der Waals surface area contributed by atoms with Crippen LogP contribution in [0.1, 0.15) is 29.6 Å². The van der Waals surface area contributed by atoms with Gasteiger partial charge in [0.05, 0.1) is 12.7 Å². The Morgan fingerprint density at radius 2 is 2.25 bits per heavy atom. The molecule has 1 aliphatic rings. The number of carbonyl (C=O) groups is 2. The SMILES string of the molecule is COC(=O)c1ccsc1NC(=O)C1CCC1. The molecule has 0 aromatic carbocycles. The van der Waals surface area contributed by atoms with Gasteiger partial charge in [-0.1, -0.05) is 6.42 Å². The molecule has 0 unspecified atom stereocenters. The molecule has 0 saturated heterocycles. The van der Waals surface area contributed by atoms with Crippen LogP contribution < -0.4 is 5.32 Å². The maximum absolute atomic E-state index is 11.7. The number of anilines is 1. The number of carbonyl (C=O) groups excluding carboxylic acids is 2. The second-order valence-corrected chi connectivity index (χ2v) is 4.69. The Morgan fingerprint density at radius 3 is 2.81 bits per heavy atom. The number of hydrogen-bond acceptors (Lipinski definition) is 4. The summed E-state index contributed by atoms with van der Waals surface area (Å²) in [6, 6.07) is 1.66. The highest BCUT2D eigenvalue weighted by atomic mass is 32.1. The summed E-state index contributed by atoms with van der Waals surface area (Å²) >= 11 is 1.34. The average Bonchev–Trinajstić information content (AvgIpc) is 2.62. The van der Waals surface area contributed by atoms with Crippen molar-refractivity contribution in [3.8, 4) is 0 Å². The van der Waals surface area contributed by atoms with Gasteiger partial charge in [0.2, 0.25) is 5.91 Å². The van der Waals surface area contributed by atoms with Crippen molar-refractivity contribution in [1.82, 2.24) is 0 Å². The average molecular weight is 239 g/mol. The topological polar surface area (TPSA) is 55.4 Å². The number of ether oxygens (including phenoxy) is 1. The maximum Gasteiger partial charge on any atom is 0.340 e. The first kappa shape index (κ1) is 11.1. The molecule has 0 bridgehead atoms. The largest absolute Gasteiger partial charge is 0.465 e. The van der Waals surface area contributed by atoms with Gasteiger partial charge in [0.1, 0.15) is 5.00 Å². The zero-order valence-corrected chi connectivity index (χ0v) is 9.80. The minimum Gasteiger partial charge on any atom is -0.465 e. The van der Waals surface area contributed by atoms with E-state index >= 15 is 0 Å². The van der Waals surface area contributed by atoms with Crippen LogP contribution in [0.4, 0.5) is 5.00 Å². The number of methoxy groups -OCH3 is 1. The van der Waals surface area contributed by atoms with E-state index < -0.39 is 5.97 Å². The summed E-state index contributed by atoms with van der Waals surface area (Å²) < 4.78 is 4.63. The molecule has 86 valence electrons. The van der Waals surface area contributed by atoms with Crippen LogP contribution in [0.25, 0.3) is 0 Å². The van der Waals surface area contributed by atoms with Crippen LogP contribution in [0.2, 0.25) is 0 Å². The molecule has 0 atom stereocenters. The highest BCUT2D eigenvalue weighted by molar-refractivity contribution is 7.14. The van der Waals surface area contributed by atoms with E-state index in [1.54, 1.807) is 11.4 Å². The summed E-state index contributed by atoms with van der Waals surface area (Å²) in [5.74, 6) is -0.281. The molecule has 16 heavy (non-hydrogen) atoms. The summed E-state index contributed by atoms with van der Waals surface area (Å²) in [6.45, 7) is 0. The van der Waals surface area contributed by atoms with Crippen LogP contribution in [0, 0.1) is 5.92 Å². The summed E-state index contributed by atoms with van der Waals surface area (Å²) in [7, 11) is 1.33. The molecule has 1 saturated carbocycles. The standard InChI is InChI=1S/C11H13NO3S/c1-15-11(14)8-5-6-16-10(8)12-9(13)7-3-2-4-7/h5-7H,2-4H2,1H3,(H,12,13). The lowest BCUT2D eigenvalue weighted by molar-refractivity contribution is -0.122. The Morgan fingerprint density at radius 1 is 1.50 bits per heavy atom. The van der Waals surface area contributed by atoms with Gasteiger partial charge in [-0.2, -0.15) is 0 Å². The van der Waals surface area contributed by atoms with Gasteiger partial charge in [0, 0.05) is 5.92 Å². The number of hydrogen-bond donors (Lipinski definition) is 1. The summed E-state index contributed by atoms with van der Waals surface area (Å²) in [5, 5.41) is 5.14. The molecule has 4 nitrogen and oxygen atoms in total. The molecule has 1 aromatic rings. The molecule has 1 aromatic heterocycles. The molecule has 1 heterocycles. The summed E-state index contributed by atoms with van der Waals surface area (Å²) in [6.07, 6.45) is 3.02. The third kappa shape index (κ3) is 2.09. The molecule has 0 spiro atoms. The van der Waals surface area contributed by atoms with Crippen LogP contribution in [0.5, 0.6) is 0 Å². The summed E-state index contributed by atoms with van der Waals surface area (Å²) in [5.41, 5.74) is 0.431. The van der Waals surface area contributed by atoms with E-state index in [-0.39, 0.29) is 11.8 Å². The fourth-order valence-electron chi connectivity index (χ4n) is 1.56. The molecule has 1 fully saturated rings. The molecular formula is C11H13NO3S. The Balaban J connectivity index is 2.06. The number of nitrogens with one attached hydrogen (secondary N) is 1. The molecule has 1 aliphatic carbocycles. The van der Waals surface area contributed by atoms with Gasteiger partial charge in [-0.25, -0.2) is 4.79 Å². The zero-order valence-electron chi connectivity index (χ0n) is 8.99. The normalized spacial score (nSPS) is 15.3. The van der Waals surface area contributed by atoms with E-state index in [0.29, 0.717) is 10.6 Å².